The van der Waals surface area contributed by atoms with Crippen LogP contribution in [0.2, 0.25) is 0 Å². The van der Waals surface area contributed by atoms with Gasteiger partial charge in [-0.2, -0.15) is 0 Å². The van der Waals surface area contributed by atoms with E-state index < -0.39 is 6.09 Å². The second-order valence-electron chi connectivity index (χ2n) is 3.29. The predicted molar refractivity (Wildman–Crippen MR) is 68.1 cm³/mol. The van der Waals surface area contributed by atoms with Crippen LogP contribution in [0.3, 0.4) is 0 Å². The Morgan fingerprint density at radius 2 is 2.06 bits per heavy atom. The van der Waals surface area contributed by atoms with Crippen molar-refractivity contribution >= 4 is 27.7 Å². The lowest BCUT2D eigenvalue weighted by molar-refractivity contribution is 0.195. The monoisotopic (exact) mass is 286 g/mol. The van der Waals surface area contributed by atoms with Crippen molar-refractivity contribution in [2.75, 3.05) is 24.5 Å². The van der Waals surface area contributed by atoms with E-state index in [2.05, 4.69) is 26.1 Å². The molecule has 0 fully saturated rings. The van der Waals surface area contributed by atoms with Crippen molar-refractivity contribution in [1.29, 1.82) is 0 Å². The molecule has 0 unspecified atom stereocenters. The Morgan fingerprint density at radius 3 is 2.56 bits per heavy atom. The number of carbonyl (C=O) groups is 1. The average Bonchev–Trinajstić information content (AvgIpc) is 2.26. The van der Waals surface area contributed by atoms with E-state index in [1.165, 1.54) is 0 Å². The van der Waals surface area contributed by atoms with E-state index in [4.69, 9.17) is 5.11 Å². The summed E-state index contributed by atoms with van der Waals surface area (Å²) in [6.45, 7) is 4.00. The van der Waals surface area contributed by atoms with Crippen molar-refractivity contribution in [2.24, 2.45) is 0 Å². The highest BCUT2D eigenvalue weighted by Crippen LogP contribution is 2.17. The van der Waals surface area contributed by atoms with Gasteiger partial charge in [0.05, 0.1) is 0 Å². The number of carboxylic acid groups (broad SMARTS) is 1. The van der Waals surface area contributed by atoms with E-state index in [0.717, 1.165) is 16.7 Å². The Labute approximate surface area is 103 Å². The zero-order valence-corrected chi connectivity index (χ0v) is 10.7. The van der Waals surface area contributed by atoms with Crippen molar-refractivity contribution < 1.29 is 9.90 Å². The maximum atomic E-state index is 10.3. The van der Waals surface area contributed by atoms with Crippen LogP contribution in [-0.4, -0.2) is 30.8 Å². The highest BCUT2D eigenvalue weighted by molar-refractivity contribution is 9.10. The number of benzene rings is 1. The van der Waals surface area contributed by atoms with Crippen LogP contribution in [0.5, 0.6) is 0 Å². The molecule has 16 heavy (non-hydrogen) atoms. The molecule has 88 valence electrons. The molecule has 0 saturated carbocycles. The smallest absolute Gasteiger partial charge is 0.404 e. The first-order chi connectivity index (χ1) is 7.63. The fourth-order valence-electron chi connectivity index (χ4n) is 1.42. The molecule has 5 heteroatoms. The maximum Gasteiger partial charge on any atom is 0.404 e. The third-order valence-corrected chi connectivity index (χ3v) is 2.76. The predicted octanol–water partition coefficient (Wildman–Crippen LogP) is 2.54. The van der Waals surface area contributed by atoms with E-state index in [9.17, 15) is 4.79 Å². The lowest BCUT2D eigenvalue weighted by atomic mass is 10.3. The molecule has 1 aromatic carbocycles. The summed E-state index contributed by atoms with van der Waals surface area (Å²) in [5, 5.41) is 10.8. The SMILES string of the molecule is CCN(CCNC(=O)O)c1ccc(Br)cc1. The van der Waals surface area contributed by atoms with E-state index in [0.29, 0.717) is 13.1 Å². The summed E-state index contributed by atoms with van der Waals surface area (Å²) in [5.41, 5.74) is 1.10. The molecule has 2 N–H and O–H groups in total. The summed E-state index contributed by atoms with van der Waals surface area (Å²) in [6.07, 6.45) is -0.980. The third-order valence-electron chi connectivity index (χ3n) is 2.23. The van der Waals surface area contributed by atoms with Gasteiger partial charge in [-0.15, -0.1) is 0 Å². The Hall–Kier alpha value is -1.23. The summed E-state index contributed by atoms with van der Waals surface area (Å²) in [6, 6.07) is 7.97. The van der Waals surface area contributed by atoms with Crippen molar-refractivity contribution in [2.45, 2.75) is 6.92 Å². The van der Waals surface area contributed by atoms with Crippen molar-refractivity contribution in [1.82, 2.24) is 5.32 Å². The zero-order valence-electron chi connectivity index (χ0n) is 9.11. The molecule has 0 radical (unpaired) electrons. The van der Waals surface area contributed by atoms with Crippen molar-refractivity contribution in [3.8, 4) is 0 Å². The summed E-state index contributed by atoms with van der Waals surface area (Å²) in [4.78, 5) is 12.4. The van der Waals surface area contributed by atoms with Crippen LogP contribution >= 0.6 is 15.9 Å². The van der Waals surface area contributed by atoms with Crippen molar-refractivity contribution in [3.05, 3.63) is 28.7 Å². The second kappa shape index (κ2) is 6.37. The number of anilines is 1. The standard InChI is InChI=1S/C11H15BrN2O2/c1-2-14(8-7-13-11(15)16)10-5-3-9(12)4-6-10/h3-6,13H,2,7-8H2,1H3,(H,15,16). The van der Waals surface area contributed by atoms with Crippen LogP contribution in [0.15, 0.2) is 28.7 Å². The average molecular weight is 287 g/mol. The van der Waals surface area contributed by atoms with Crippen LogP contribution in [0, 0.1) is 0 Å². The number of nitrogens with one attached hydrogen (secondary N) is 1. The molecule has 0 spiro atoms. The van der Waals surface area contributed by atoms with Gasteiger partial charge in [-0.25, -0.2) is 4.79 Å². The van der Waals surface area contributed by atoms with E-state index in [-0.39, 0.29) is 0 Å². The zero-order chi connectivity index (χ0) is 12.0. The number of rotatable bonds is 5. The largest absolute Gasteiger partial charge is 0.465 e. The Bertz CT molecular complexity index is 340. The molecule has 0 aromatic heterocycles. The van der Waals surface area contributed by atoms with E-state index in [1.807, 2.05) is 31.2 Å². The molecule has 0 heterocycles. The molecule has 0 aliphatic rings. The number of amides is 1. The first-order valence-electron chi connectivity index (χ1n) is 5.10. The number of hydrogen-bond donors (Lipinski definition) is 2. The van der Waals surface area contributed by atoms with Gasteiger partial charge in [-0.05, 0) is 31.2 Å². The summed E-state index contributed by atoms with van der Waals surface area (Å²) in [7, 11) is 0. The molecule has 0 saturated heterocycles. The first-order valence-corrected chi connectivity index (χ1v) is 5.90. The Balaban J connectivity index is 2.53. The van der Waals surface area contributed by atoms with Gasteiger partial charge >= 0.3 is 6.09 Å². The van der Waals surface area contributed by atoms with Crippen LogP contribution in [0.1, 0.15) is 6.92 Å². The van der Waals surface area contributed by atoms with Gasteiger partial charge in [-0.1, -0.05) is 15.9 Å². The number of likely N-dealkylation sites (N-methyl/N-ethyl adjacent to an activating group) is 1. The third kappa shape index (κ3) is 4.10. The van der Waals surface area contributed by atoms with Crippen LogP contribution < -0.4 is 10.2 Å². The van der Waals surface area contributed by atoms with Gasteiger partial charge < -0.3 is 15.3 Å². The number of halogens is 1. The molecular formula is C11H15BrN2O2. The van der Waals surface area contributed by atoms with Gasteiger partial charge in [0.1, 0.15) is 0 Å². The quantitative estimate of drug-likeness (QED) is 0.875. The molecule has 1 aromatic rings. The minimum atomic E-state index is -0.980. The lowest BCUT2D eigenvalue weighted by Gasteiger charge is -2.22. The van der Waals surface area contributed by atoms with Crippen LogP contribution in [-0.2, 0) is 0 Å². The number of nitrogens with zero attached hydrogens (tertiary/aromatic N) is 1. The minimum absolute atomic E-state index is 0.430. The summed E-state index contributed by atoms with van der Waals surface area (Å²) < 4.78 is 1.04. The normalized spacial score (nSPS) is 9.88. The Kier molecular flexibility index (Phi) is 5.11. The van der Waals surface area contributed by atoms with Gasteiger partial charge in [-0.3, -0.25) is 0 Å². The summed E-state index contributed by atoms with van der Waals surface area (Å²) in [5.74, 6) is 0. The molecular weight excluding hydrogens is 272 g/mol. The number of hydrogen-bond acceptors (Lipinski definition) is 2. The highest BCUT2D eigenvalue weighted by atomic mass is 79.9. The minimum Gasteiger partial charge on any atom is -0.465 e. The fraction of sp³-hybridized carbons (Fsp3) is 0.364. The first kappa shape index (κ1) is 12.8. The molecule has 1 rings (SSSR count). The highest BCUT2D eigenvalue weighted by Gasteiger charge is 2.04. The van der Waals surface area contributed by atoms with E-state index >= 15 is 0 Å². The molecule has 1 amide bonds. The fourth-order valence-corrected chi connectivity index (χ4v) is 1.68. The molecule has 0 atom stereocenters. The molecule has 4 nitrogen and oxygen atoms in total. The maximum absolute atomic E-state index is 10.3. The van der Waals surface area contributed by atoms with Crippen molar-refractivity contribution in [3.63, 3.8) is 0 Å². The summed E-state index contributed by atoms with van der Waals surface area (Å²) >= 11 is 3.38. The van der Waals surface area contributed by atoms with Crippen LogP contribution in [0.25, 0.3) is 0 Å². The van der Waals surface area contributed by atoms with Gasteiger partial charge in [0.2, 0.25) is 0 Å². The van der Waals surface area contributed by atoms with Crippen LogP contribution in [0.4, 0.5) is 10.5 Å². The second-order valence-corrected chi connectivity index (χ2v) is 4.20. The molecule has 0 aliphatic heterocycles. The van der Waals surface area contributed by atoms with E-state index in [1.54, 1.807) is 0 Å². The topological polar surface area (TPSA) is 52.6 Å². The van der Waals surface area contributed by atoms with Gasteiger partial charge in [0, 0.05) is 29.8 Å². The molecule has 0 aliphatic carbocycles. The van der Waals surface area contributed by atoms with Gasteiger partial charge in [0.15, 0.2) is 0 Å². The molecule has 0 bridgehead atoms. The lowest BCUT2D eigenvalue weighted by Crippen LogP contribution is -2.34. The Morgan fingerprint density at radius 1 is 1.44 bits per heavy atom. The van der Waals surface area contributed by atoms with Gasteiger partial charge in [0.25, 0.3) is 0 Å².